The number of rotatable bonds is 5. The summed E-state index contributed by atoms with van der Waals surface area (Å²) in [5, 5.41) is 27.4. The van der Waals surface area contributed by atoms with Crippen LogP contribution in [-0.4, -0.2) is 9.91 Å². The minimum Gasteiger partial charge on any atom is -0.867 e. The molecule has 158 valence electrons. The molecule has 0 atom stereocenters. The molecule has 0 aliphatic heterocycles. The van der Waals surface area contributed by atoms with Gasteiger partial charge in [0, 0.05) is 30.0 Å². The molecule has 3 rings (SSSR count). The van der Waals surface area contributed by atoms with E-state index in [0.29, 0.717) is 5.56 Å². The first-order valence-electron chi connectivity index (χ1n) is 9.71. The number of hydrogen-bond acceptors (Lipinski definition) is 4. The van der Waals surface area contributed by atoms with Gasteiger partial charge in [-0.2, -0.15) is 4.57 Å². The summed E-state index contributed by atoms with van der Waals surface area (Å²) >= 11 is 5.59. The van der Waals surface area contributed by atoms with Gasteiger partial charge < -0.3 is 10.4 Å². The lowest BCUT2D eigenvalue weighted by molar-refractivity contribution is -0.577. The van der Waals surface area contributed by atoms with Gasteiger partial charge in [-0.1, -0.05) is 51.2 Å². The maximum atomic E-state index is 13.4. The zero-order valence-corrected chi connectivity index (χ0v) is 18.3. The second-order valence-electron chi connectivity index (χ2n) is 8.05. The van der Waals surface area contributed by atoms with Gasteiger partial charge in [-0.05, 0) is 46.6 Å². The van der Waals surface area contributed by atoms with Gasteiger partial charge in [0.25, 0.3) is 5.69 Å². The van der Waals surface area contributed by atoms with Crippen molar-refractivity contribution in [2.45, 2.75) is 26.2 Å². The minimum atomic E-state index is -0.500. The normalized spacial score (nSPS) is 12.1. The van der Waals surface area contributed by atoms with Gasteiger partial charge in [-0.15, -0.1) is 0 Å². The molecule has 2 aromatic carbocycles. The number of nitrogens with one attached hydrogen (secondary N) is 1. The van der Waals surface area contributed by atoms with E-state index in [0.717, 1.165) is 11.3 Å². The van der Waals surface area contributed by atoms with E-state index in [-0.39, 0.29) is 27.5 Å². The van der Waals surface area contributed by atoms with Crippen LogP contribution in [0.1, 0.15) is 31.9 Å². The Morgan fingerprint density at radius 1 is 0.968 bits per heavy atom. The Kier molecular flexibility index (Phi) is 6.46. The van der Waals surface area contributed by atoms with Crippen LogP contribution in [0.3, 0.4) is 0 Å². The van der Waals surface area contributed by atoms with E-state index >= 15 is 0 Å². The number of hydrogen-bond donors (Lipinski definition) is 1. The van der Waals surface area contributed by atoms with E-state index in [9.17, 15) is 15.2 Å². The number of pyridine rings is 1. The van der Waals surface area contributed by atoms with Crippen LogP contribution in [0.2, 0.25) is 0 Å². The summed E-state index contributed by atoms with van der Waals surface area (Å²) in [5.74, 6) is -0.336. The number of non-ortho nitro benzene ring substituents is 1. The van der Waals surface area contributed by atoms with Crippen LogP contribution in [-0.2, 0) is 5.41 Å². The highest BCUT2D eigenvalue weighted by Gasteiger charge is 2.21. The van der Waals surface area contributed by atoms with E-state index in [1.54, 1.807) is 17.0 Å². The molecular weight excluding hydrogens is 410 g/mol. The summed E-state index contributed by atoms with van der Waals surface area (Å²) < 4.78 is 1.68. The van der Waals surface area contributed by atoms with Gasteiger partial charge >= 0.3 is 0 Å². The van der Waals surface area contributed by atoms with Gasteiger partial charge in [0.15, 0.2) is 17.4 Å². The van der Waals surface area contributed by atoms with Gasteiger partial charge in [-0.3, -0.25) is 10.1 Å². The summed E-state index contributed by atoms with van der Waals surface area (Å²) in [5.41, 5.74) is 2.33. The van der Waals surface area contributed by atoms with Gasteiger partial charge in [0.1, 0.15) is 0 Å². The van der Waals surface area contributed by atoms with E-state index in [2.05, 4.69) is 26.1 Å². The molecule has 0 bridgehead atoms. The molecule has 0 spiro atoms. The van der Waals surface area contributed by atoms with Gasteiger partial charge in [0.2, 0.25) is 5.70 Å². The SMILES string of the molecule is CC(C)(C)c1cc[n+](C(C(=S)Nc2ccccc2)=C([O-])c2ccc([N+](=O)[O-])cc2)cc1. The Bertz CT molecular complexity index is 1120. The number of thiocarbonyl (C=S) groups is 1. The summed E-state index contributed by atoms with van der Waals surface area (Å²) in [4.78, 5) is 10.7. The van der Waals surface area contributed by atoms with Crippen molar-refractivity contribution in [1.29, 1.82) is 0 Å². The first kappa shape index (κ1) is 22.1. The molecule has 3 aromatic rings. The van der Waals surface area contributed by atoms with E-state index in [4.69, 9.17) is 12.2 Å². The van der Waals surface area contributed by atoms with Crippen molar-refractivity contribution >= 4 is 40.0 Å². The fourth-order valence-electron chi connectivity index (χ4n) is 3.00. The molecule has 1 N–H and O–H groups in total. The van der Waals surface area contributed by atoms with Crippen LogP contribution in [0.4, 0.5) is 11.4 Å². The molecule has 0 aliphatic rings. The number of nitrogens with zero attached hydrogens (tertiary/aromatic N) is 2. The lowest BCUT2D eigenvalue weighted by atomic mass is 9.88. The smallest absolute Gasteiger partial charge is 0.269 e. The maximum absolute atomic E-state index is 13.4. The summed E-state index contributed by atoms with van der Waals surface area (Å²) in [6, 6.07) is 18.7. The molecular formula is C24H23N3O3S. The van der Waals surface area contributed by atoms with Crippen molar-refractivity contribution in [2.24, 2.45) is 0 Å². The van der Waals surface area contributed by atoms with Crippen LogP contribution in [0, 0.1) is 10.1 Å². The third-order valence-corrected chi connectivity index (χ3v) is 5.05. The molecule has 0 saturated heterocycles. The monoisotopic (exact) mass is 433 g/mol. The number of anilines is 1. The molecule has 7 heteroatoms. The van der Waals surface area contributed by atoms with Crippen molar-refractivity contribution in [3.63, 3.8) is 0 Å². The third-order valence-electron chi connectivity index (χ3n) is 4.76. The lowest BCUT2D eigenvalue weighted by Gasteiger charge is -2.19. The van der Waals surface area contributed by atoms with Crippen LogP contribution in [0.5, 0.6) is 0 Å². The summed E-state index contributed by atoms with van der Waals surface area (Å²) in [7, 11) is 0. The largest absolute Gasteiger partial charge is 0.867 e. The number of benzene rings is 2. The zero-order valence-electron chi connectivity index (χ0n) is 17.5. The second kappa shape index (κ2) is 9.06. The Labute approximate surface area is 186 Å². The topological polar surface area (TPSA) is 82.1 Å². The quantitative estimate of drug-likeness (QED) is 0.162. The minimum absolute atomic E-state index is 0.0373. The highest BCUT2D eigenvalue weighted by atomic mass is 32.1. The maximum Gasteiger partial charge on any atom is 0.269 e. The van der Waals surface area contributed by atoms with Crippen molar-refractivity contribution in [3.05, 3.63) is 100 Å². The number of para-hydroxylation sites is 1. The summed E-state index contributed by atoms with van der Waals surface area (Å²) in [6.07, 6.45) is 3.61. The molecule has 1 heterocycles. The van der Waals surface area contributed by atoms with E-state index in [1.165, 1.54) is 24.3 Å². The van der Waals surface area contributed by atoms with Crippen LogP contribution in [0.15, 0.2) is 79.1 Å². The molecule has 31 heavy (non-hydrogen) atoms. The van der Waals surface area contributed by atoms with Crippen molar-refractivity contribution in [1.82, 2.24) is 0 Å². The van der Waals surface area contributed by atoms with Gasteiger partial charge in [0.05, 0.1) is 4.92 Å². The lowest BCUT2D eigenvalue weighted by Crippen LogP contribution is -2.40. The van der Waals surface area contributed by atoms with Crippen LogP contribution >= 0.6 is 12.2 Å². The first-order chi connectivity index (χ1) is 14.7. The second-order valence-corrected chi connectivity index (χ2v) is 8.45. The molecule has 0 radical (unpaired) electrons. The molecule has 1 aromatic heterocycles. The molecule has 0 amide bonds. The fraction of sp³-hybridized carbons (Fsp3) is 0.167. The molecule has 6 nitrogen and oxygen atoms in total. The van der Waals surface area contributed by atoms with E-state index < -0.39 is 4.92 Å². The van der Waals surface area contributed by atoms with Crippen molar-refractivity contribution in [3.8, 4) is 0 Å². The predicted molar refractivity (Wildman–Crippen MR) is 124 cm³/mol. The van der Waals surface area contributed by atoms with E-state index in [1.807, 2.05) is 42.5 Å². The fourth-order valence-corrected chi connectivity index (χ4v) is 3.31. The average Bonchev–Trinajstić information content (AvgIpc) is 2.74. The first-order valence-corrected chi connectivity index (χ1v) is 10.1. The Hall–Kier alpha value is -3.58. The predicted octanol–water partition coefficient (Wildman–Crippen LogP) is 4.31. The number of aromatic nitrogens is 1. The van der Waals surface area contributed by atoms with Crippen molar-refractivity contribution in [2.75, 3.05) is 5.32 Å². The zero-order chi connectivity index (χ0) is 22.6. The highest BCUT2D eigenvalue weighted by Crippen LogP contribution is 2.22. The summed E-state index contributed by atoms with van der Waals surface area (Å²) in [6.45, 7) is 6.34. The van der Waals surface area contributed by atoms with Gasteiger partial charge in [-0.25, -0.2) is 0 Å². The van der Waals surface area contributed by atoms with Crippen molar-refractivity contribution < 1.29 is 14.6 Å². The Balaban J connectivity index is 2.07. The number of nitro benzene ring substituents is 1. The Morgan fingerprint density at radius 3 is 2.06 bits per heavy atom. The molecule has 0 fully saturated rings. The van der Waals surface area contributed by atoms with Crippen LogP contribution < -0.4 is 15.0 Å². The molecule has 0 saturated carbocycles. The number of nitro groups is 1. The molecule has 0 unspecified atom stereocenters. The van der Waals surface area contributed by atoms with Crippen LogP contribution in [0.25, 0.3) is 11.5 Å². The Morgan fingerprint density at radius 2 is 1.55 bits per heavy atom. The molecule has 0 aliphatic carbocycles. The third kappa shape index (κ3) is 5.32. The standard InChI is InChI=1S/C24H23N3O3S/c1-24(2,3)18-13-15-26(16-14-18)21(23(31)25-19-7-5-4-6-8-19)22(28)17-9-11-20(12-10-17)27(29)30/h4-16H,1-3H3,(H-,25,28,31). The highest BCUT2D eigenvalue weighted by molar-refractivity contribution is 7.81. The average molecular weight is 434 g/mol.